The topological polar surface area (TPSA) is 138 Å². The van der Waals surface area contributed by atoms with Crippen molar-refractivity contribution < 1.29 is 23.8 Å². The lowest BCUT2D eigenvalue weighted by atomic mass is 9.87. The fourth-order valence-corrected chi connectivity index (χ4v) is 5.70. The number of aliphatic hydroxyl groups excluding tert-OH is 1. The minimum absolute atomic E-state index is 0.132. The molecule has 2 aromatic heterocycles. The number of aliphatic hydroxyl groups is 1. The maximum absolute atomic E-state index is 11.1. The summed E-state index contributed by atoms with van der Waals surface area (Å²) < 4.78 is 19.1. The number of hydrogen-bond acceptors (Lipinski definition) is 9. The molecule has 1 aliphatic rings. The average molecular weight is 460 g/mol. The van der Waals surface area contributed by atoms with Gasteiger partial charge in [-0.1, -0.05) is 20.8 Å². The van der Waals surface area contributed by atoms with E-state index in [0.717, 1.165) is 0 Å². The van der Waals surface area contributed by atoms with Gasteiger partial charge in [0, 0.05) is 0 Å². The lowest BCUT2D eigenvalue weighted by molar-refractivity contribution is -0.0457. The lowest BCUT2D eigenvalue weighted by Crippen LogP contribution is -2.36. The second kappa shape index (κ2) is 8.05. The van der Waals surface area contributed by atoms with E-state index in [1.807, 2.05) is 20.8 Å². The molecule has 30 heavy (non-hydrogen) atoms. The number of nitrogen functional groups attached to an aromatic ring is 1. The first-order chi connectivity index (χ1) is 13.7. The Hall–Kier alpha value is -1.20. The molecule has 4 N–H and O–H groups in total. The van der Waals surface area contributed by atoms with Crippen molar-refractivity contribution in [2.75, 3.05) is 5.73 Å². The van der Waals surface area contributed by atoms with Crippen molar-refractivity contribution in [3.63, 3.8) is 0 Å². The van der Waals surface area contributed by atoms with Crippen LogP contribution in [-0.2, 0) is 25.6 Å². The standard InChI is InChI=1S/C18H30N5O5PS/c1-17(2,3)7-10-13(27-29(25,30)28-18(4,5)6)12(24)16(26-10)23-9-22-11-14(19)20-8-21-15(11)23/h8-10,12-13,16,24H,7H2,1-6H3,(H,25,30)(H2,19,20,21)/t10-,12+,13?,16-,29?/m1/s1. The van der Waals surface area contributed by atoms with Crippen LogP contribution in [0.4, 0.5) is 5.82 Å². The fraction of sp³-hybridized carbons (Fsp3) is 0.722. The van der Waals surface area contributed by atoms with Crippen LogP contribution in [0.25, 0.3) is 11.2 Å². The number of ether oxygens (including phenoxy) is 1. The summed E-state index contributed by atoms with van der Waals surface area (Å²) in [7, 11) is 0. The minimum atomic E-state index is -3.64. The molecule has 0 spiro atoms. The largest absolute Gasteiger partial charge is 0.386 e. The Kier molecular flexibility index (Phi) is 6.30. The Morgan fingerprint density at radius 3 is 2.50 bits per heavy atom. The molecule has 10 nitrogen and oxygen atoms in total. The second-order valence-corrected chi connectivity index (χ2v) is 12.4. The van der Waals surface area contributed by atoms with Gasteiger partial charge in [0.1, 0.15) is 24.1 Å². The van der Waals surface area contributed by atoms with Crippen molar-refractivity contribution >= 4 is 35.5 Å². The number of nitrogens with zero attached hydrogens (tertiary/aromatic N) is 4. The van der Waals surface area contributed by atoms with Crippen LogP contribution in [0, 0.1) is 5.41 Å². The molecule has 0 saturated carbocycles. The van der Waals surface area contributed by atoms with Crippen molar-refractivity contribution in [2.24, 2.45) is 5.41 Å². The fourth-order valence-electron chi connectivity index (χ4n) is 3.43. The van der Waals surface area contributed by atoms with Crippen molar-refractivity contribution in [3.05, 3.63) is 12.7 Å². The number of imidazole rings is 1. The molecule has 3 heterocycles. The smallest absolute Gasteiger partial charge is 0.325 e. The number of aromatic nitrogens is 4. The average Bonchev–Trinajstić information content (AvgIpc) is 3.08. The van der Waals surface area contributed by atoms with E-state index in [4.69, 9.17) is 31.3 Å². The SMILES string of the molecule is CC(C)(C)C[C@H]1O[C@@H](n2cnc3c(N)ncnc32)[C@@H](O)C1OP(O)(=S)OC(C)(C)C. The number of rotatable bonds is 5. The van der Waals surface area contributed by atoms with E-state index in [-0.39, 0.29) is 11.2 Å². The number of nitrogens with two attached hydrogens (primary N) is 1. The van der Waals surface area contributed by atoms with E-state index in [9.17, 15) is 10.00 Å². The molecule has 12 heteroatoms. The molecule has 0 amide bonds. The van der Waals surface area contributed by atoms with E-state index in [1.165, 1.54) is 12.7 Å². The van der Waals surface area contributed by atoms with Gasteiger partial charge in [-0.3, -0.25) is 9.09 Å². The van der Waals surface area contributed by atoms with E-state index in [1.54, 1.807) is 25.3 Å². The Morgan fingerprint density at radius 1 is 1.23 bits per heavy atom. The molecule has 3 rings (SSSR count). The van der Waals surface area contributed by atoms with Crippen LogP contribution < -0.4 is 5.73 Å². The molecule has 0 aromatic carbocycles. The molecule has 1 aliphatic heterocycles. The first-order valence-corrected chi connectivity index (χ1v) is 12.2. The molecule has 168 valence electrons. The zero-order valence-corrected chi connectivity index (χ0v) is 19.7. The van der Waals surface area contributed by atoms with Gasteiger partial charge in [0.05, 0.1) is 18.0 Å². The molecule has 5 atom stereocenters. The van der Waals surface area contributed by atoms with Crippen LogP contribution in [-0.4, -0.2) is 53.4 Å². The molecule has 1 saturated heterocycles. The molecule has 0 bridgehead atoms. The quantitative estimate of drug-likeness (QED) is 0.572. The highest BCUT2D eigenvalue weighted by atomic mass is 32.5. The van der Waals surface area contributed by atoms with Gasteiger partial charge >= 0.3 is 6.72 Å². The summed E-state index contributed by atoms with van der Waals surface area (Å²) in [6.45, 7) is 7.82. The van der Waals surface area contributed by atoms with Crippen molar-refractivity contribution in [1.29, 1.82) is 0 Å². The summed E-state index contributed by atoms with van der Waals surface area (Å²) in [5.74, 6) is 0.231. The zero-order chi connectivity index (χ0) is 22.5. The number of anilines is 1. The minimum Gasteiger partial charge on any atom is -0.386 e. The van der Waals surface area contributed by atoms with Crippen LogP contribution >= 0.6 is 6.72 Å². The monoisotopic (exact) mass is 459 g/mol. The first-order valence-electron chi connectivity index (χ1n) is 9.65. The molecule has 2 unspecified atom stereocenters. The summed E-state index contributed by atoms with van der Waals surface area (Å²) in [5.41, 5.74) is 5.87. The Bertz CT molecular complexity index is 957. The van der Waals surface area contributed by atoms with Crippen LogP contribution in [0.3, 0.4) is 0 Å². The van der Waals surface area contributed by atoms with Gasteiger partial charge in [-0.15, -0.1) is 0 Å². The number of fused-ring (bicyclic) bond motifs is 1. The van der Waals surface area contributed by atoms with Crippen molar-refractivity contribution in [2.45, 2.75) is 78.1 Å². The van der Waals surface area contributed by atoms with Gasteiger partial charge < -0.3 is 25.0 Å². The summed E-state index contributed by atoms with van der Waals surface area (Å²) in [6.07, 6.45) is -0.0812. The Labute approximate surface area is 181 Å². The van der Waals surface area contributed by atoms with Crippen LogP contribution in [0.2, 0.25) is 0 Å². The van der Waals surface area contributed by atoms with Gasteiger partial charge in [-0.2, -0.15) is 0 Å². The molecule has 0 radical (unpaired) electrons. The van der Waals surface area contributed by atoms with E-state index < -0.39 is 36.9 Å². The van der Waals surface area contributed by atoms with Gasteiger partial charge in [-0.05, 0) is 44.4 Å². The number of hydrogen-bond donors (Lipinski definition) is 3. The zero-order valence-electron chi connectivity index (χ0n) is 18.0. The van der Waals surface area contributed by atoms with E-state index in [2.05, 4.69) is 15.0 Å². The van der Waals surface area contributed by atoms with Crippen LogP contribution in [0.15, 0.2) is 12.7 Å². The predicted octanol–water partition coefficient (Wildman–Crippen LogP) is 2.52. The summed E-state index contributed by atoms with van der Waals surface area (Å²) in [4.78, 5) is 23.0. The van der Waals surface area contributed by atoms with Gasteiger partial charge in [-0.25, -0.2) is 15.0 Å². The van der Waals surface area contributed by atoms with Gasteiger partial charge in [0.15, 0.2) is 17.7 Å². The third-order valence-corrected chi connectivity index (χ3v) is 6.20. The Balaban J connectivity index is 1.94. The van der Waals surface area contributed by atoms with E-state index in [0.29, 0.717) is 17.6 Å². The van der Waals surface area contributed by atoms with Gasteiger partial charge in [0.25, 0.3) is 0 Å². The molecule has 0 aliphatic carbocycles. The maximum atomic E-state index is 11.1. The Morgan fingerprint density at radius 2 is 1.90 bits per heavy atom. The summed E-state index contributed by atoms with van der Waals surface area (Å²) in [6, 6.07) is 0. The first kappa shape index (κ1) is 23.5. The van der Waals surface area contributed by atoms with Crippen LogP contribution in [0.1, 0.15) is 54.2 Å². The molecular formula is C18H30N5O5PS. The second-order valence-electron chi connectivity index (χ2n) is 9.65. The summed E-state index contributed by atoms with van der Waals surface area (Å²) >= 11 is 5.21. The third-order valence-electron chi connectivity index (χ3n) is 4.43. The lowest BCUT2D eigenvalue weighted by Gasteiger charge is -2.31. The highest BCUT2D eigenvalue weighted by molar-refractivity contribution is 8.07. The highest BCUT2D eigenvalue weighted by Crippen LogP contribution is 2.52. The summed E-state index contributed by atoms with van der Waals surface area (Å²) in [5, 5.41) is 11.1. The highest BCUT2D eigenvalue weighted by Gasteiger charge is 2.49. The van der Waals surface area contributed by atoms with Crippen LogP contribution in [0.5, 0.6) is 0 Å². The van der Waals surface area contributed by atoms with Gasteiger partial charge in [0.2, 0.25) is 0 Å². The van der Waals surface area contributed by atoms with Crippen molar-refractivity contribution in [3.8, 4) is 0 Å². The molecular weight excluding hydrogens is 429 g/mol. The normalized spacial score (nSPS) is 27.5. The third kappa shape index (κ3) is 5.34. The van der Waals surface area contributed by atoms with E-state index >= 15 is 0 Å². The predicted molar refractivity (Wildman–Crippen MR) is 116 cm³/mol. The maximum Gasteiger partial charge on any atom is 0.325 e. The van der Waals surface area contributed by atoms with Crippen molar-refractivity contribution in [1.82, 2.24) is 19.5 Å². The molecule has 1 fully saturated rings. The molecule has 2 aromatic rings.